The Morgan fingerprint density at radius 3 is 2.50 bits per heavy atom. The normalized spacial score (nSPS) is 17.5. The lowest BCUT2D eigenvalue weighted by molar-refractivity contribution is -0.143. The minimum Gasteiger partial charge on any atom is -0.481 e. The number of ether oxygens (including phenoxy) is 1. The molecule has 0 saturated heterocycles. The van der Waals surface area contributed by atoms with E-state index in [1.807, 2.05) is 43.4 Å². The van der Waals surface area contributed by atoms with Gasteiger partial charge in [0.05, 0.1) is 28.2 Å². The Morgan fingerprint density at radius 2 is 1.82 bits per heavy atom. The van der Waals surface area contributed by atoms with Crippen LogP contribution in [0.3, 0.4) is 0 Å². The third-order valence-electron chi connectivity index (χ3n) is 7.20. The molecule has 2 N–H and O–H groups in total. The number of fused-ring (bicyclic) bond motifs is 1. The first kappa shape index (κ1) is 23.8. The monoisotopic (exact) mass is 511 g/mol. The van der Waals surface area contributed by atoms with Gasteiger partial charge in [0.1, 0.15) is 17.7 Å². The Balaban J connectivity index is 1.18. The fourth-order valence-electron chi connectivity index (χ4n) is 5.06. The Hall–Kier alpha value is -4.53. The summed E-state index contributed by atoms with van der Waals surface area (Å²) in [5.74, 6) is -0.460. The van der Waals surface area contributed by atoms with Crippen molar-refractivity contribution < 1.29 is 19.0 Å². The maximum Gasteiger partial charge on any atom is 0.306 e. The third-order valence-corrected chi connectivity index (χ3v) is 7.20. The number of rotatable bonds is 6. The molecule has 0 amide bonds. The summed E-state index contributed by atoms with van der Waals surface area (Å²) in [4.78, 5) is 23.4. The zero-order valence-electron chi connectivity index (χ0n) is 20.8. The molecule has 1 aliphatic rings. The summed E-state index contributed by atoms with van der Waals surface area (Å²) in [5, 5.41) is 13.4. The molecule has 3 aromatic heterocycles. The lowest BCUT2D eigenvalue weighted by Crippen LogP contribution is -2.28. The molecule has 0 radical (unpaired) electrons. The first-order chi connectivity index (χ1) is 18.4. The summed E-state index contributed by atoms with van der Waals surface area (Å²) in [7, 11) is 1.89. The zero-order chi connectivity index (χ0) is 26.2. The average Bonchev–Trinajstić information content (AvgIpc) is 3.54. The summed E-state index contributed by atoms with van der Waals surface area (Å²) >= 11 is 0. The number of carboxylic acid groups (broad SMARTS) is 1. The first-order valence-electron chi connectivity index (χ1n) is 12.6. The number of nitrogens with one attached hydrogen (secondary N) is 1. The van der Waals surface area contributed by atoms with Gasteiger partial charge in [-0.2, -0.15) is 5.10 Å². The number of hydrogen-bond donors (Lipinski definition) is 2. The molecule has 6 rings (SSSR count). The van der Waals surface area contributed by atoms with Gasteiger partial charge in [0.25, 0.3) is 0 Å². The second kappa shape index (κ2) is 9.74. The highest BCUT2D eigenvalue weighted by Gasteiger charge is 2.27. The molecule has 1 fully saturated rings. The second-order valence-electron chi connectivity index (χ2n) is 9.67. The average molecular weight is 512 g/mol. The third kappa shape index (κ3) is 4.63. The number of aliphatic carboxylic acids is 1. The van der Waals surface area contributed by atoms with Gasteiger partial charge < -0.3 is 14.8 Å². The summed E-state index contributed by atoms with van der Waals surface area (Å²) in [6, 6.07) is 16.5. The van der Waals surface area contributed by atoms with Gasteiger partial charge in [0.15, 0.2) is 0 Å². The van der Waals surface area contributed by atoms with E-state index < -0.39 is 5.97 Å². The van der Waals surface area contributed by atoms with E-state index in [0.717, 1.165) is 27.9 Å². The van der Waals surface area contributed by atoms with Crippen LogP contribution in [0.15, 0.2) is 67.0 Å². The molecule has 0 atom stereocenters. The van der Waals surface area contributed by atoms with E-state index in [1.165, 1.54) is 6.07 Å². The molecular weight excluding hydrogens is 485 g/mol. The number of carboxylic acids is 1. The molecule has 2 aromatic carbocycles. The van der Waals surface area contributed by atoms with Crippen molar-refractivity contribution in [1.29, 1.82) is 0 Å². The van der Waals surface area contributed by atoms with Crippen molar-refractivity contribution in [1.82, 2.24) is 24.7 Å². The molecule has 9 heteroatoms. The smallest absolute Gasteiger partial charge is 0.306 e. The number of nitrogens with zero attached hydrogens (tertiary/aromatic N) is 4. The number of aromatic amines is 1. The van der Waals surface area contributed by atoms with Gasteiger partial charge in [-0.1, -0.05) is 12.1 Å². The first-order valence-corrected chi connectivity index (χ1v) is 12.6. The van der Waals surface area contributed by atoms with Crippen LogP contribution < -0.4 is 4.74 Å². The largest absolute Gasteiger partial charge is 0.481 e. The minimum atomic E-state index is -0.737. The van der Waals surface area contributed by atoms with E-state index >= 15 is 4.39 Å². The molecule has 5 aromatic rings. The van der Waals surface area contributed by atoms with E-state index in [0.29, 0.717) is 48.5 Å². The SMILES string of the molecule is Cn1nccc1-c1ccc2nc(-c3ccc(-c4ccc(OC5CCC(C(=O)O)CC5)nc4)cc3F)[nH]c2c1. The van der Waals surface area contributed by atoms with Crippen molar-refractivity contribution in [3.05, 3.63) is 72.8 Å². The highest BCUT2D eigenvalue weighted by atomic mass is 19.1. The standard InChI is InChI=1S/C29H26FN5O3/c1-35-26(12-13-32-35)19-5-10-24-25(15-19)34-28(33-24)22-9-4-18(14-23(22)30)20-6-11-27(31-16-20)38-21-7-2-17(3-8-21)29(36)37/h4-6,9-17,21H,2-3,7-8H2,1H3,(H,33,34)(H,36,37). The fraction of sp³-hybridized carbons (Fsp3) is 0.241. The number of imidazole rings is 1. The molecule has 0 spiro atoms. The van der Waals surface area contributed by atoms with Crippen molar-refractivity contribution >= 4 is 17.0 Å². The quantitative estimate of drug-likeness (QED) is 0.296. The van der Waals surface area contributed by atoms with Gasteiger partial charge >= 0.3 is 5.97 Å². The van der Waals surface area contributed by atoms with E-state index in [-0.39, 0.29) is 17.8 Å². The van der Waals surface area contributed by atoms with Crippen LogP contribution in [0.2, 0.25) is 0 Å². The van der Waals surface area contributed by atoms with Gasteiger partial charge in [-0.25, -0.2) is 14.4 Å². The Morgan fingerprint density at radius 1 is 1.03 bits per heavy atom. The summed E-state index contributed by atoms with van der Waals surface area (Å²) in [5.41, 5.74) is 5.40. The topological polar surface area (TPSA) is 106 Å². The molecule has 0 aliphatic heterocycles. The number of halogens is 1. The van der Waals surface area contributed by atoms with E-state index in [9.17, 15) is 4.79 Å². The van der Waals surface area contributed by atoms with E-state index in [4.69, 9.17) is 9.84 Å². The number of hydrogen-bond acceptors (Lipinski definition) is 5. The molecule has 38 heavy (non-hydrogen) atoms. The number of aryl methyl sites for hydroxylation is 1. The van der Waals surface area contributed by atoms with Crippen molar-refractivity contribution in [3.63, 3.8) is 0 Å². The molecule has 192 valence electrons. The number of H-pyrrole nitrogens is 1. The van der Waals surface area contributed by atoms with Gasteiger partial charge in [-0.15, -0.1) is 0 Å². The predicted molar refractivity (Wildman–Crippen MR) is 141 cm³/mol. The molecule has 8 nitrogen and oxygen atoms in total. The number of carbonyl (C=O) groups is 1. The van der Waals surface area contributed by atoms with Gasteiger partial charge in [-0.05, 0) is 67.6 Å². The minimum absolute atomic E-state index is 0.0373. The number of benzene rings is 2. The maximum atomic E-state index is 15.2. The van der Waals surface area contributed by atoms with Crippen molar-refractivity contribution in [3.8, 4) is 39.7 Å². The molecule has 3 heterocycles. The molecule has 0 unspecified atom stereocenters. The van der Waals surface area contributed by atoms with Crippen molar-refractivity contribution in [2.75, 3.05) is 0 Å². The summed E-state index contributed by atoms with van der Waals surface area (Å²) < 4.78 is 23.0. The molecular formula is C29H26FN5O3. The van der Waals surface area contributed by atoms with E-state index in [1.54, 1.807) is 29.2 Å². The van der Waals surface area contributed by atoms with Crippen LogP contribution in [0.1, 0.15) is 25.7 Å². The van der Waals surface area contributed by atoms with Crippen LogP contribution in [-0.2, 0) is 11.8 Å². The van der Waals surface area contributed by atoms with Crippen LogP contribution >= 0.6 is 0 Å². The van der Waals surface area contributed by atoms with Gasteiger partial charge in [-0.3, -0.25) is 9.48 Å². The van der Waals surface area contributed by atoms with Crippen LogP contribution in [0.4, 0.5) is 4.39 Å². The van der Waals surface area contributed by atoms with E-state index in [2.05, 4.69) is 20.1 Å². The van der Waals surface area contributed by atoms with Gasteiger partial charge in [0, 0.05) is 36.6 Å². The van der Waals surface area contributed by atoms with Crippen molar-refractivity contribution in [2.24, 2.45) is 13.0 Å². The number of pyridine rings is 1. The Kier molecular flexibility index (Phi) is 6.11. The fourth-order valence-corrected chi connectivity index (χ4v) is 5.06. The van der Waals surface area contributed by atoms with Crippen LogP contribution in [0, 0.1) is 11.7 Å². The van der Waals surface area contributed by atoms with Crippen LogP contribution in [0.5, 0.6) is 5.88 Å². The highest BCUT2D eigenvalue weighted by molar-refractivity contribution is 5.84. The van der Waals surface area contributed by atoms with Crippen LogP contribution in [0.25, 0.3) is 44.8 Å². The molecule has 1 saturated carbocycles. The maximum absolute atomic E-state index is 15.2. The highest BCUT2D eigenvalue weighted by Crippen LogP contribution is 2.31. The lowest BCUT2D eigenvalue weighted by atomic mass is 9.87. The van der Waals surface area contributed by atoms with Crippen molar-refractivity contribution in [2.45, 2.75) is 31.8 Å². The molecule has 0 bridgehead atoms. The lowest BCUT2D eigenvalue weighted by Gasteiger charge is -2.26. The summed E-state index contributed by atoms with van der Waals surface area (Å²) in [6.07, 6.45) is 5.98. The zero-order valence-corrected chi connectivity index (χ0v) is 20.8. The predicted octanol–water partition coefficient (Wildman–Crippen LogP) is 5.85. The molecule has 1 aliphatic carbocycles. The Labute approximate surface area is 218 Å². The van der Waals surface area contributed by atoms with Gasteiger partial charge in [0.2, 0.25) is 5.88 Å². The number of aromatic nitrogens is 5. The Bertz CT molecular complexity index is 1620. The summed E-state index contributed by atoms with van der Waals surface area (Å²) in [6.45, 7) is 0. The van der Waals surface area contributed by atoms with Crippen LogP contribution in [-0.4, -0.2) is 41.9 Å². The second-order valence-corrected chi connectivity index (χ2v) is 9.67.